The number of sulfonamides is 1. The number of H-pyrrole nitrogens is 1. The van der Waals surface area contributed by atoms with Gasteiger partial charge in [0, 0.05) is 13.1 Å². The maximum atomic E-state index is 14.0. The molecule has 0 aliphatic carbocycles. The number of carbonyl (C=O) groups is 3. The lowest BCUT2D eigenvalue weighted by molar-refractivity contribution is -0.131. The SMILES string of the molecule is COC(=O)Nc1nc2ccc(S(=O)(=O)N(CC(C)C)C[C@@H](O)C(Cc3ccccc3)NC(=O)[C@@H](NC(=O)CCl)C(C)(C)C)cc2[nH]1. The minimum Gasteiger partial charge on any atom is -0.453 e. The number of halogens is 1. The van der Waals surface area contributed by atoms with Gasteiger partial charge in [-0.3, -0.25) is 14.9 Å². The van der Waals surface area contributed by atoms with Crippen molar-refractivity contribution in [3.63, 3.8) is 0 Å². The Morgan fingerprint density at radius 3 is 2.33 bits per heavy atom. The highest BCUT2D eigenvalue weighted by atomic mass is 35.5. The zero-order chi connectivity index (χ0) is 34.2. The third-order valence-electron chi connectivity index (χ3n) is 7.10. The normalized spacial score (nSPS) is 14.1. The van der Waals surface area contributed by atoms with Gasteiger partial charge in [0.15, 0.2) is 0 Å². The van der Waals surface area contributed by atoms with Gasteiger partial charge in [0.25, 0.3) is 0 Å². The fourth-order valence-corrected chi connectivity index (χ4v) is 6.54. The minimum absolute atomic E-state index is 0.0543. The number of aromatic amines is 1. The number of alkyl halides is 1. The molecule has 1 heterocycles. The van der Waals surface area contributed by atoms with E-state index in [-0.39, 0.29) is 42.2 Å². The van der Waals surface area contributed by atoms with Crippen LogP contribution in [0.5, 0.6) is 0 Å². The van der Waals surface area contributed by atoms with Crippen molar-refractivity contribution < 1.29 is 32.6 Å². The van der Waals surface area contributed by atoms with Crippen molar-refractivity contribution in [1.82, 2.24) is 24.9 Å². The second-order valence-electron chi connectivity index (χ2n) is 12.5. The number of fused-ring (bicyclic) bond motifs is 1. The number of benzene rings is 2. The number of nitrogens with one attached hydrogen (secondary N) is 4. The molecule has 1 aromatic heterocycles. The standard InChI is InChI=1S/C31H43ClN6O7S/c1-19(2)17-38(46(43,44)21-12-13-22-23(15-21)35-29(34-22)37-30(42)45-6)18-25(39)24(14-20-10-8-7-9-11-20)33-28(41)27(31(3,4)5)36-26(40)16-32/h7-13,15,19,24-25,27,39H,14,16-18H2,1-6H3,(H,33,41)(H,36,40)(H2,34,35,37,42)/t24?,25-,27-/m1/s1. The second-order valence-corrected chi connectivity index (χ2v) is 14.7. The number of rotatable bonds is 14. The van der Waals surface area contributed by atoms with Gasteiger partial charge in [-0.1, -0.05) is 65.0 Å². The van der Waals surface area contributed by atoms with Crippen LogP contribution < -0.4 is 16.0 Å². The Labute approximate surface area is 274 Å². The fourth-order valence-electron chi connectivity index (χ4n) is 4.81. The van der Waals surface area contributed by atoms with Crippen LogP contribution in [-0.2, 0) is 30.8 Å². The van der Waals surface area contributed by atoms with Crippen molar-refractivity contribution in [2.75, 3.05) is 31.4 Å². The quantitative estimate of drug-likeness (QED) is 0.161. The van der Waals surface area contributed by atoms with Gasteiger partial charge in [0.2, 0.25) is 27.8 Å². The Morgan fingerprint density at radius 2 is 1.74 bits per heavy atom. The van der Waals surface area contributed by atoms with Gasteiger partial charge < -0.3 is 25.5 Å². The van der Waals surface area contributed by atoms with Crippen molar-refractivity contribution >= 4 is 56.5 Å². The van der Waals surface area contributed by atoms with Crippen LogP contribution in [0.15, 0.2) is 53.4 Å². The van der Waals surface area contributed by atoms with Gasteiger partial charge in [-0.25, -0.2) is 18.2 Å². The van der Waals surface area contributed by atoms with E-state index in [1.807, 2.05) is 44.2 Å². The summed E-state index contributed by atoms with van der Waals surface area (Å²) in [5.74, 6) is -1.40. The number of carbonyl (C=O) groups excluding carboxylic acids is 3. The van der Waals surface area contributed by atoms with Crippen LogP contribution in [0.2, 0.25) is 0 Å². The van der Waals surface area contributed by atoms with Crippen LogP contribution in [0.4, 0.5) is 10.7 Å². The molecule has 13 nitrogen and oxygen atoms in total. The maximum Gasteiger partial charge on any atom is 0.413 e. The predicted octanol–water partition coefficient (Wildman–Crippen LogP) is 3.25. The molecule has 0 saturated heterocycles. The number of amides is 3. The summed E-state index contributed by atoms with van der Waals surface area (Å²) >= 11 is 5.69. The largest absolute Gasteiger partial charge is 0.453 e. The van der Waals surface area contributed by atoms with E-state index in [2.05, 4.69) is 30.7 Å². The van der Waals surface area contributed by atoms with E-state index in [9.17, 15) is 27.9 Å². The number of nitrogens with zero attached hydrogens (tertiary/aromatic N) is 2. The molecule has 15 heteroatoms. The number of methoxy groups -OCH3 is 1. The number of hydrogen-bond donors (Lipinski definition) is 5. The summed E-state index contributed by atoms with van der Waals surface area (Å²) in [6.45, 7) is 8.83. The van der Waals surface area contributed by atoms with Crippen molar-refractivity contribution in [2.45, 2.75) is 64.1 Å². The summed E-state index contributed by atoms with van der Waals surface area (Å²) in [5, 5.41) is 19.5. The topological polar surface area (TPSA) is 183 Å². The van der Waals surface area contributed by atoms with Crippen molar-refractivity contribution in [3.8, 4) is 0 Å². The van der Waals surface area contributed by atoms with Crippen LogP contribution in [0, 0.1) is 11.3 Å². The summed E-state index contributed by atoms with van der Waals surface area (Å²) in [4.78, 5) is 44.4. The van der Waals surface area contributed by atoms with Crippen LogP contribution in [0.25, 0.3) is 11.0 Å². The summed E-state index contributed by atoms with van der Waals surface area (Å²) in [6, 6.07) is 11.6. The molecule has 1 unspecified atom stereocenters. The molecular weight excluding hydrogens is 636 g/mol. The smallest absolute Gasteiger partial charge is 0.413 e. The Hall–Kier alpha value is -3.72. The lowest BCUT2D eigenvalue weighted by Crippen LogP contribution is -2.59. The molecule has 2 aromatic carbocycles. The van der Waals surface area contributed by atoms with E-state index in [0.717, 1.165) is 5.56 Å². The molecule has 0 bridgehead atoms. The molecule has 252 valence electrons. The molecule has 3 aromatic rings. The summed E-state index contributed by atoms with van der Waals surface area (Å²) < 4.78 is 33.8. The van der Waals surface area contributed by atoms with E-state index in [1.54, 1.807) is 20.8 Å². The van der Waals surface area contributed by atoms with E-state index in [0.29, 0.717) is 11.0 Å². The predicted molar refractivity (Wildman–Crippen MR) is 176 cm³/mol. The number of aliphatic hydroxyl groups excluding tert-OH is 1. The summed E-state index contributed by atoms with van der Waals surface area (Å²) in [7, 11) is -2.96. The molecule has 0 aliphatic rings. The first-order valence-corrected chi connectivity index (χ1v) is 16.7. The number of aromatic nitrogens is 2. The van der Waals surface area contributed by atoms with Crippen molar-refractivity contribution in [1.29, 1.82) is 0 Å². The number of anilines is 1. The molecule has 0 radical (unpaired) electrons. The maximum absolute atomic E-state index is 14.0. The minimum atomic E-state index is -4.17. The Bertz CT molecular complexity index is 1610. The summed E-state index contributed by atoms with van der Waals surface area (Å²) in [5.41, 5.74) is 0.891. The van der Waals surface area contributed by atoms with Crippen LogP contribution >= 0.6 is 11.6 Å². The number of ether oxygens (including phenoxy) is 1. The monoisotopic (exact) mass is 678 g/mol. The van der Waals surface area contributed by atoms with Gasteiger partial charge in [-0.05, 0) is 41.5 Å². The van der Waals surface area contributed by atoms with E-state index in [4.69, 9.17) is 11.6 Å². The Balaban J connectivity index is 1.94. The van der Waals surface area contributed by atoms with Gasteiger partial charge in [0.1, 0.15) is 11.9 Å². The fraction of sp³-hybridized carbons (Fsp3) is 0.484. The van der Waals surface area contributed by atoms with E-state index < -0.39 is 51.5 Å². The number of imidazole rings is 1. The molecule has 0 aliphatic heterocycles. The van der Waals surface area contributed by atoms with E-state index in [1.165, 1.54) is 29.6 Å². The molecule has 46 heavy (non-hydrogen) atoms. The molecule has 3 atom stereocenters. The molecule has 5 N–H and O–H groups in total. The number of aliphatic hydroxyl groups is 1. The zero-order valence-corrected chi connectivity index (χ0v) is 28.4. The van der Waals surface area contributed by atoms with Gasteiger partial charge in [-0.15, -0.1) is 11.6 Å². The lowest BCUT2D eigenvalue weighted by Gasteiger charge is -2.34. The van der Waals surface area contributed by atoms with Gasteiger partial charge in [0.05, 0.1) is 35.2 Å². The highest BCUT2D eigenvalue weighted by molar-refractivity contribution is 7.89. The first kappa shape index (κ1) is 36.7. The van der Waals surface area contributed by atoms with Crippen LogP contribution in [0.3, 0.4) is 0 Å². The molecule has 3 rings (SSSR count). The highest BCUT2D eigenvalue weighted by Gasteiger charge is 2.36. The highest BCUT2D eigenvalue weighted by Crippen LogP contribution is 2.24. The third-order valence-corrected chi connectivity index (χ3v) is 9.17. The first-order chi connectivity index (χ1) is 21.5. The van der Waals surface area contributed by atoms with Crippen molar-refractivity contribution in [2.24, 2.45) is 11.3 Å². The zero-order valence-electron chi connectivity index (χ0n) is 26.8. The first-order valence-electron chi connectivity index (χ1n) is 14.8. The Morgan fingerprint density at radius 1 is 1.07 bits per heavy atom. The van der Waals surface area contributed by atoms with E-state index >= 15 is 0 Å². The van der Waals surface area contributed by atoms with Crippen LogP contribution in [0.1, 0.15) is 40.2 Å². The average Bonchev–Trinajstić information content (AvgIpc) is 3.40. The van der Waals surface area contributed by atoms with Crippen LogP contribution in [-0.4, -0.2) is 90.0 Å². The number of hydrogen-bond acceptors (Lipinski definition) is 8. The Kier molecular flexibility index (Phi) is 12.6. The van der Waals surface area contributed by atoms with Gasteiger partial charge >= 0.3 is 6.09 Å². The average molecular weight is 679 g/mol. The second kappa shape index (κ2) is 15.7. The molecule has 0 fully saturated rings. The van der Waals surface area contributed by atoms with Gasteiger partial charge in [-0.2, -0.15) is 4.31 Å². The molecule has 0 saturated carbocycles. The lowest BCUT2D eigenvalue weighted by atomic mass is 9.85. The molecule has 0 spiro atoms. The molecule has 3 amide bonds. The molecular formula is C31H43ClN6O7S. The third kappa shape index (κ3) is 9.89. The summed E-state index contributed by atoms with van der Waals surface area (Å²) in [6.07, 6.45) is -1.88. The van der Waals surface area contributed by atoms with Crippen molar-refractivity contribution in [3.05, 3.63) is 54.1 Å².